The molecule has 4 heteroatoms. The molecule has 1 aromatic carbocycles. The molecule has 1 N–H and O–H groups in total. The SMILES string of the molecule is CCCN(CC(=O)Nc1cccc(C#N)c1)C1CC1. The minimum Gasteiger partial charge on any atom is -0.325 e. The van der Waals surface area contributed by atoms with Gasteiger partial charge >= 0.3 is 0 Å². The van der Waals surface area contributed by atoms with E-state index in [9.17, 15) is 4.79 Å². The van der Waals surface area contributed by atoms with E-state index in [1.807, 2.05) is 0 Å². The minimum absolute atomic E-state index is 0.00422. The van der Waals surface area contributed by atoms with E-state index in [1.165, 1.54) is 12.8 Å². The number of hydrogen-bond donors (Lipinski definition) is 1. The first-order chi connectivity index (χ1) is 9.22. The van der Waals surface area contributed by atoms with Crippen LogP contribution in [0.4, 0.5) is 5.69 Å². The lowest BCUT2D eigenvalue weighted by atomic mass is 10.2. The van der Waals surface area contributed by atoms with Gasteiger partial charge in [-0.25, -0.2) is 0 Å². The van der Waals surface area contributed by atoms with Crippen LogP contribution >= 0.6 is 0 Å². The Hall–Kier alpha value is -1.86. The van der Waals surface area contributed by atoms with Crippen molar-refractivity contribution in [2.75, 3.05) is 18.4 Å². The number of amides is 1. The average molecular weight is 257 g/mol. The summed E-state index contributed by atoms with van der Waals surface area (Å²) < 4.78 is 0. The van der Waals surface area contributed by atoms with Crippen LogP contribution in [-0.2, 0) is 4.79 Å². The molecule has 19 heavy (non-hydrogen) atoms. The Labute approximate surface area is 114 Å². The van der Waals surface area contributed by atoms with E-state index >= 15 is 0 Å². The fourth-order valence-electron chi connectivity index (χ4n) is 2.17. The van der Waals surface area contributed by atoms with E-state index < -0.39 is 0 Å². The number of nitriles is 1. The summed E-state index contributed by atoms with van der Waals surface area (Å²) in [6.07, 6.45) is 3.47. The van der Waals surface area contributed by atoms with Crippen LogP contribution in [0.5, 0.6) is 0 Å². The van der Waals surface area contributed by atoms with Crippen molar-refractivity contribution in [2.24, 2.45) is 0 Å². The molecule has 0 atom stereocenters. The maximum Gasteiger partial charge on any atom is 0.238 e. The molecule has 0 radical (unpaired) electrons. The number of carbonyl (C=O) groups excluding carboxylic acids is 1. The molecule has 0 saturated heterocycles. The lowest BCUT2D eigenvalue weighted by Crippen LogP contribution is -2.35. The fraction of sp³-hybridized carbons (Fsp3) is 0.467. The van der Waals surface area contributed by atoms with Crippen molar-refractivity contribution in [1.82, 2.24) is 4.90 Å². The van der Waals surface area contributed by atoms with Crippen LogP contribution in [0.3, 0.4) is 0 Å². The summed E-state index contributed by atoms with van der Waals surface area (Å²) in [6, 6.07) is 9.66. The summed E-state index contributed by atoms with van der Waals surface area (Å²) in [5.41, 5.74) is 1.25. The summed E-state index contributed by atoms with van der Waals surface area (Å²) in [5.74, 6) is -0.00422. The molecule has 1 fully saturated rings. The van der Waals surface area contributed by atoms with Gasteiger partial charge in [0.25, 0.3) is 0 Å². The Bertz CT molecular complexity index is 488. The topological polar surface area (TPSA) is 56.1 Å². The summed E-state index contributed by atoms with van der Waals surface area (Å²) in [5, 5.41) is 11.7. The highest BCUT2D eigenvalue weighted by molar-refractivity contribution is 5.92. The molecule has 1 amide bonds. The summed E-state index contributed by atoms with van der Waals surface area (Å²) in [6.45, 7) is 3.54. The number of carbonyl (C=O) groups is 1. The number of nitrogens with zero attached hydrogens (tertiary/aromatic N) is 2. The zero-order chi connectivity index (χ0) is 13.7. The molecule has 0 heterocycles. The molecule has 0 unspecified atom stereocenters. The van der Waals surface area contributed by atoms with Crippen molar-refractivity contribution in [1.29, 1.82) is 5.26 Å². The van der Waals surface area contributed by atoms with Crippen LogP contribution in [0, 0.1) is 11.3 Å². The third-order valence-electron chi connectivity index (χ3n) is 3.20. The van der Waals surface area contributed by atoms with Crippen molar-refractivity contribution >= 4 is 11.6 Å². The van der Waals surface area contributed by atoms with Crippen molar-refractivity contribution in [3.63, 3.8) is 0 Å². The first-order valence-electron chi connectivity index (χ1n) is 6.77. The number of rotatable bonds is 6. The van der Waals surface area contributed by atoms with Gasteiger partial charge in [-0.15, -0.1) is 0 Å². The number of benzene rings is 1. The molecular weight excluding hydrogens is 238 g/mol. The first kappa shape index (κ1) is 13.6. The van der Waals surface area contributed by atoms with Gasteiger partial charge in [-0.2, -0.15) is 5.26 Å². The van der Waals surface area contributed by atoms with Gasteiger partial charge < -0.3 is 5.32 Å². The van der Waals surface area contributed by atoms with E-state index in [0.717, 1.165) is 13.0 Å². The Kier molecular flexibility index (Phi) is 4.53. The van der Waals surface area contributed by atoms with E-state index in [2.05, 4.69) is 23.2 Å². The van der Waals surface area contributed by atoms with E-state index in [0.29, 0.717) is 23.8 Å². The van der Waals surface area contributed by atoms with Crippen LogP contribution < -0.4 is 5.32 Å². The molecule has 0 aromatic heterocycles. The zero-order valence-corrected chi connectivity index (χ0v) is 11.2. The summed E-state index contributed by atoms with van der Waals surface area (Å²) in [4.78, 5) is 14.2. The van der Waals surface area contributed by atoms with E-state index in [1.54, 1.807) is 24.3 Å². The third kappa shape index (κ3) is 4.08. The predicted molar refractivity (Wildman–Crippen MR) is 74.7 cm³/mol. The predicted octanol–water partition coefficient (Wildman–Crippen LogP) is 2.37. The van der Waals surface area contributed by atoms with E-state index in [-0.39, 0.29) is 5.91 Å². The number of hydrogen-bond acceptors (Lipinski definition) is 3. The molecule has 1 aliphatic rings. The van der Waals surface area contributed by atoms with Gasteiger partial charge in [0, 0.05) is 11.7 Å². The highest BCUT2D eigenvalue weighted by atomic mass is 16.2. The molecule has 1 aromatic rings. The normalized spacial score (nSPS) is 14.2. The van der Waals surface area contributed by atoms with Gasteiger partial charge in [-0.3, -0.25) is 9.69 Å². The standard InChI is InChI=1S/C15H19N3O/c1-2-8-18(14-6-7-14)11-15(19)17-13-5-3-4-12(9-13)10-16/h3-5,9,14H,2,6-8,11H2,1H3,(H,17,19). The highest BCUT2D eigenvalue weighted by Crippen LogP contribution is 2.26. The molecule has 0 spiro atoms. The maximum atomic E-state index is 12.0. The quantitative estimate of drug-likeness (QED) is 0.851. The lowest BCUT2D eigenvalue weighted by Gasteiger charge is -2.20. The smallest absolute Gasteiger partial charge is 0.238 e. The van der Waals surface area contributed by atoms with Gasteiger partial charge in [0.1, 0.15) is 0 Å². The molecule has 2 rings (SSSR count). The van der Waals surface area contributed by atoms with Crippen LogP contribution in [0.2, 0.25) is 0 Å². The van der Waals surface area contributed by atoms with Crippen molar-refractivity contribution < 1.29 is 4.79 Å². The summed E-state index contributed by atoms with van der Waals surface area (Å²) >= 11 is 0. The molecule has 1 aliphatic carbocycles. The molecule has 1 saturated carbocycles. The largest absolute Gasteiger partial charge is 0.325 e. The second-order valence-electron chi connectivity index (χ2n) is 4.94. The zero-order valence-electron chi connectivity index (χ0n) is 11.2. The highest BCUT2D eigenvalue weighted by Gasteiger charge is 2.29. The Morgan fingerprint density at radius 3 is 2.95 bits per heavy atom. The Morgan fingerprint density at radius 1 is 1.53 bits per heavy atom. The monoisotopic (exact) mass is 257 g/mol. The van der Waals surface area contributed by atoms with Crippen molar-refractivity contribution in [3.8, 4) is 6.07 Å². The molecule has 0 bridgehead atoms. The first-order valence-corrected chi connectivity index (χ1v) is 6.77. The molecule has 0 aliphatic heterocycles. The van der Waals surface area contributed by atoms with Gasteiger partial charge in [0.05, 0.1) is 18.2 Å². The molecule has 100 valence electrons. The van der Waals surface area contributed by atoms with Gasteiger partial charge in [-0.1, -0.05) is 13.0 Å². The average Bonchev–Trinajstić information content (AvgIpc) is 3.22. The number of anilines is 1. The van der Waals surface area contributed by atoms with Crippen LogP contribution in [0.1, 0.15) is 31.7 Å². The van der Waals surface area contributed by atoms with Crippen LogP contribution in [0.25, 0.3) is 0 Å². The molecular formula is C15H19N3O. The Balaban J connectivity index is 1.90. The van der Waals surface area contributed by atoms with Crippen molar-refractivity contribution in [2.45, 2.75) is 32.2 Å². The van der Waals surface area contributed by atoms with Gasteiger partial charge in [-0.05, 0) is 44.0 Å². The maximum absolute atomic E-state index is 12.0. The minimum atomic E-state index is -0.00422. The fourth-order valence-corrected chi connectivity index (χ4v) is 2.17. The molecule has 4 nitrogen and oxygen atoms in total. The number of nitrogens with one attached hydrogen (secondary N) is 1. The van der Waals surface area contributed by atoms with Crippen molar-refractivity contribution in [3.05, 3.63) is 29.8 Å². The summed E-state index contributed by atoms with van der Waals surface area (Å²) in [7, 11) is 0. The van der Waals surface area contributed by atoms with Gasteiger partial charge in [0.2, 0.25) is 5.91 Å². The lowest BCUT2D eigenvalue weighted by molar-refractivity contribution is -0.117. The van der Waals surface area contributed by atoms with Crippen LogP contribution in [0.15, 0.2) is 24.3 Å². The van der Waals surface area contributed by atoms with E-state index in [4.69, 9.17) is 5.26 Å². The second-order valence-corrected chi connectivity index (χ2v) is 4.94. The van der Waals surface area contributed by atoms with Crippen LogP contribution in [-0.4, -0.2) is 29.9 Å². The van der Waals surface area contributed by atoms with Gasteiger partial charge in [0.15, 0.2) is 0 Å². The third-order valence-corrected chi connectivity index (χ3v) is 3.20. The second kappa shape index (κ2) is 6.35. The Morgan fingerprint density at radius 2 is 2.32 bits per heavy atom.